The monoisotopic (exact) mass is 184 g/mol. The maximum absolute atomic E-state index is 11.8. The molecule has 0 heterocycles. The van der Waals surface area contributed by atoms with Crippen LogP contribution >= 0.6 is 0 Å². The van der Waals surface area contributed by atoms with Gasteiger partial charge in [0.05, 0.1) is 11.0 Å². The first kappa shape index (κ1) is 10.7. The fourth-order valence-corrected chi connectivity index (χ4v) is 2.00. The molecular weight excluding hydrogens is 164 g/mol. The molecule has 1 N–H and O–H groups in total. The van der Waals surface area contributed by atoms with E-state index in [1.54, 1.807) is 13.8 Å². The average Bonchev–Trinajstić information content (AvgIpc) is 2.14. The number of hydrogen-bond acceptors (Lipinski definition) is 2. The van der Waals surface area contributed by atoms with Crippen molar-refractivity contribution < 1.29 is 9.90 Å². The molecule has 13 heavy (non-hydrogen) atoms. The minimum absolute atomic E-state index is 0.234. The van der Waals surface area contributed by atoms with Gasteiger partial charge in [-0.3, -0.25) is 4.79 Å². The lowest BCUT2D eigenvalue weighted by molar-refractivity contribution is -0.142. The molecule has 0 aromatic heterocycles. The van der Waals surface area contributed by atoms with Crippen molar-refractivity contribution in [1.82, 2.24) is 0 Å². The second-order valence-electron chi connectivity index (χ2n) is 4.87. The van der Waals surface area contributed by atoms with Gasteiger partial charge in [-0.25, -0.2) is 0 Å². The lowest BCUT2D eigenvalue weighted by Gasteiger charge is -2.38. The van der Waals surface area contributed by atoms with Crippen molar-refractivity contribution in [3.8, 4) is 0 Å². The Balaban J connectivity index is 2.90. The Morgan fingerprint density at radius 3 is 2.46 bits per heavy atom. The standard InChI is InChI=1S/C11H20O2/c1-10(2,13)11(3)8-6-4-5-7-9(11)12/h13H,4-8H2,1-3H3/t11-/m1/s1. The Morgan fingerprint density at radius 2 is 1.92 bits per heavy atom. The topological polar surface area (TPSA) is 37.3 Å². The Bertz CT molecular complexity index is 203. The van der Waals surface area contributed by atoms with Gasteiger partial charge in [-0.2, -0.15) is 0 Å². The highest BCUT2D eigenvalue weighted by Gasteiger charge is 2.45. The molecule has 0 saturated heterocycles. The molecule has 1 saturated carbocycles. The van der Waals surface area contributed by atoms with Gasteiger partial charge in [0.2, 0.25) is 0 Å². The molecule has 0 unspecified atom stereocenters. The van der Waals surface area contributed by atoms with Crippen LogP contribution in [0.3, 0.4) is 0 Å². The molecular formula is C11H20O2. The fourth-order valence-electron chi connectivity index (χ4n) is 2.00. The van der Waals surface area contributed by atoms with E-state index in [2.05, 4.69) is 0 Å². The summed E-state index contributed by atoms with van der Waals surface area (Å²) in [6.07, 6.45) is 4.64. The van der Waals surface area contributed by atoms with E-state index in [1.807, 2.05) is 6.92 Å². The molecule has 0 aromatic carbocycles. The minimum Gasteiger partial charge on any atom is -0.389 e. The molecule has 0 spiro atoms. The highest BCUT2D eigenvalue weighted by atomic mass is 16.3. The number of rotatable bonds is 1. The van der Waals surface area contributed by atoms with E-state index in [4.69, 9.17) is 0 Å². The summed E-state index contributed by atoms with van der Waals surface area (Å²) in [6, 6.07) is 0. The van der Waals surface area contributed by atoms with Crippen LogP contribution in [0.4, 0.5) is 0 Å². The van der Waals surface area contributed by atoms with Crippen molar-refractivity contribution in [1.29, 1.82) is 0 Å². The molecule has 0 aromatic rings. The third-order valence-corrected chi connectivity index (χ3v) is 3.55. The number of ketones is 1. The lowest BCUT2D eigenvalue weighted by atomic mass is 9.69. The molecule has 1 rings (SSSR count). The largest absolute Gasteiger partial charge is 0.389 e. The van der Waals surface area contributed by atoms with E-state index in [9.17, 15) is 9.90 Å². The van der Waals surface area contributed by atoms with E-state index < -0.39 is 11.0 Å². The summed E-state index contributed by atoms with van der Waals surface area (Å²) >= 11 is 0. The zero-order valence-corrected chi connectivity index (χ0v) is 8.89. The van der Waals surface area contributed by atoms with Crippen molar-refractivity contribution in [3.63, 3.8) is 0 Å². The second kappa shape index (κ2) is 3.41. The highest BCUT2D eigenvalue weighted by Crippen LogP contribution is 2.40. The first-order valence-corrected chi connectivity index (χ1v) is 5.13. The van der Waals surface area contributed by atoms with Gasteiger partial charge in [0.25, 0.3) is 0 Å². The quantitative estimate of drug-likeness (QED) is 0.635. The normalized spacial score (nSPS) is 31.5. The molecule has 0 bridgehead atoms. The van der Waals surface area contributed by atoms with Gasteiger partial charge in [-0.1, -0.05) is 12.8 Å². The summed E-state index contributed by atoms with van der Waals surface area (Å²) < 4.78 is 0. The van der Waals surface area contributed by atoms with E-state index in [0.717, 1.165) is 25.7 Å². The molecule has 1 fully saturated rings. The highest BCUT2D eigenvalue weighted by molar-refractivity contribution is 5.85. The molecule has 0 aliphatic heterocycles. The van der Waals surface area contributed by atoms with E-state index in [1.165, 1.54) is 0 Å². The van der Waals surface area contributed by atoms with Crippen LogP contribution in [0.1, 0.15) is 52.9 Å². The molecule has 1 atom stereocenters. The van der Waals surface area contributed by atoms with Crippen molar-refractivity contribution in [2.24, 2.45) is 5.41 Å². The van der Waals surface area contributed by atoms with Gasteiger partial charge >= 0.3 is 0 Å². The zero-order valence-electron chi connectivity index (χ0n) is 8.89. The summed E-state index contributed by atoms with van der Waals surface area (Å²) in [5.41, 5.74) is -1.40. The number of hydrogen-bond donors (Lipinski definition) is 1. The Labute approximate surface area is 80.3 Å². The summed E-state index contributed by atoms with van der Waals surface area (Å²) in [4.78, 5) is 11.8. The number of carbonyl (C=O) groups excluding carboxylic acids is 1. The van der Waals surface area contributed by atoms with E-state index >= 15 is 0 Å². The second-order valence-corrected chi connectivity index (χ2v) is 4.87. The molecule has 76 valence electrons. The van der Waals surface area contributed by atoms with Crippen LogP contribution < -0.4 is 0 Å². The SMILES string of the molecule is CC(C)(O)[C@]1(C)CCCCCC1=O. The summed E-state index contributed by atoms with van der Waals surface area (Å²) in [6.45, 7) is 5.40. The van der Waals surface area contributed by atoms with Gasteiger partial charge in [0.15, 0.2) is 0 Å². The Kier molecular flexibility index (Phi) is 2.81. The van der Waals surface area contributed by atoms with Crippen LogP contribution in [0.25, 0.3) is 0 Å². The predicted octanol–water partition coefficient (Wildman–Crippen LogP) is 2.30. The molecule has 1 aliphatic carbocycles. The summed E-state index contributed by atoms with van der Waals surface area (Å²) in [5, 5.41) is 9.98. The maximum Gasteiger partial charge on any atom is 0.141 e. The Hall–Kier alpha value is -0.370. The van der Waals surface area contributed by atoms with Gasteiger partial charge in [0, 0.05) is 6.42 Å². The number of aliphatic hydroxyl groups is 1. The Morgan fingerprint density at radius 1 is 1.31 bits per heavy atom. The fraction of sp³-hybridized carbons (Fsp3) is 0.909. The van der Waals surface area contributed by atoms with Crippen LogP contribution in [-0.4, -0.2) is 16.5 Å². The summed E-state index contributed by atoms with van der Waals surface area (Å²) in [7, 11) is 0. The maximum atomic E-state index is 11.8. The molecule has 0 amide bonds. The van der Waals surface area contributed by atoms with Gasteiger partial charge in [0.1, 0.15) is 5.78 Å². The first-order chi connectivity index (χ1) is 5.88. The van der Waals surface area contributed by atoms with Crippen molar-refractivity contribution in [3.05, 3.63) is 0 Å². The molecule has 2 heteroatoms. The first-order valence-electron chi connectivity index (χ1n) is 5.13. The number of Topliss-reactive ketones (excluding diaryl/α,β-unsaturated/α-hetero) is 1. The van der Waals surface area contributed by atoms with Gasteiger partial charge in [-0.05, 0) is 33.6 Å². The molecule has 1 aliphatic rings. The van der Waals surface area contributed by atoms with E-state index in [0.29, 0.717) is 6.42 Å². The van der Waals surface area contributed by atoms with Crippen LogP contribution in [0.2, 0.25) is 0 Å². The lowest BCUT2D eigenvalue weighted by Crippen LogP contribution is -2.46. The average molecular weight is 184 g/mol. The van der Waals surface area contributed by atoms with Crippen LogP contribution in [0.5, 0.6) is 0 Å². The van der Waals surface area contributed by atoms with Gasteiger partial charge < -0.3 is 5.11 Å². The smallest absolute Gasteiger partial charge is 0.141 e. The summed E-state index contributed by atoms with van der Waals surface area (Å²) in [5.74, 6) is 0.234. The third kappa shape index (κ3) is 1.93. The number of carbonyl (C=O) groups is 1. The van der Waals surface area contributed by atoms with Gasteiger partial charge in [-0.15, -0.1) is 0 Å². The predicted molar refractivity (Wildman–Crippen MR) is 52.5 cm³/mol. The third-order valence-electron chi connectivity index (χ3n) is 3.55. The van der Waals surface area contributed by atoms with Crippen molar-refractivity contribution in [2.75, 3.05) is 0 Å². The molecule has 2 nitrogen and oxygen atoms in total. The van der Waals surface area contributed by atoms with Crippen molar-refractivity contribution in [2.45, 2.75) is 58.5 Å². The van der Waals surface area contributed by atoms with Crippen molar-refractivity contribution >= 4 is 5.78 Å². The minimum atomic E-state index is -0.881. The van der Waals surface area contributed by atoms with Crippen LogP contribution in [-0.2, 0) is 4.79 Å². The van der Waals surface area contributed by atoms with E-state index in [-0.39, 0.29) is 5.78 Å². The van der Waals surface area contributed by atoms with Crippen LogP contribution in [0, 0.1) is 5.41 Å². The van der Waals surface area contributed by atoms with Crippen LogP contribution in [0.15, 0.2) is 0 Å². The molecule has 0 radical (unpaired) electrons. The zero-order chi connectivity index (χ0) is 10.1.